The van der Waals surface area contributed by atoms with E-state index in [9.17, 15) is 0 Å². The summed E-state index contributed by atoms with van der Waals surface area (Å²) in [5.41, 5.74) is 5.64. The van der Waals surface area contributed by atoms with Gasteiger partial charge in [0, 0.05) is 32.8 Å². The molecule has 1 aliphatic rings. The van der Waals surface area contributed by atoms with Crippen LogP contribution in [-0.4, -0.2) is 57.5 Å². The molecule has 1 aliphatic carbocycles. The molecule has 0 radical (unpaired) electrons. The zero-order valence-electron chi connectivity index (χ0n) is 12.2. The number of ether oxygens (including phenoxy) is 2. The third-order valence-corrected chi connectivity index (χ3v) is 3.95. The van der Waals surface area contributed by atoms with Gasteiger partial charge >= 0.3 is 0 Å². The van der Waals surface area contributed by atoms with E-state index in [-0.39, 0.29) is 0 Å². The lowest BCUT2D eigenvalue weighted by molar-refractivity contribution is 0.0336. The predicted octanol–water partition coefficient (Wildman–Crippen LogP) is 1.49. The van der Waals surface area contributed by atoms with Gasteiger partial charge in [-0.05, 0) is 45.1 Å². The van der Waals surface area contributed by atoms with Gasteiger partial charge in [0.05, 0.1) is 13.2 Å². The number of hydrogen-bond acceptors (Lipinski definition) is 4. The highest BCUT2D eigenvalue weighted by Gasteiger charge is 2.34. The summed E-state index contributed by atoms with van der Waals surface area (Å²) < 4.78 is 10.6. The van der Waals surface area contributed by atoms with Crippen LogP contribution in [0.2, 0.25) is 0 Å². The fourth-order valence-electron chi connectivity index (χ4n) is 2.66. The monoisotopic (exact) mass is 258 g/mol. The summed E-state index contributed by atoms with van der Waals surface area (Å²) in [7, 11) is 3.55. The van der Waals surface area contributed by atoms with E-state index in [4.69, 9.17) is 15.2 Å². The average molecular weight is 258 g/mol. The second-order valence-electron chi connectivity index (χ2n) is 5.35. The van der Waals surface area contributed by atoms with Crippen LogP contribution in [0.4, 0.5) is 0 Å². The molecule has 2 N–H and O–H groups in total. The standard InChI is InChI=1S/C14H30N2O2/c1-12(13-6-7-13)16(9-10-17-2)14(11-18-3)5-4-8-15/h12-14H,4-11,15H2,1-3H3. The minimum atomic E-state index is 0.476. The molecule has 2 atom stereocenters. The molecule has 4 nitrogen and oxygen atoms in total. The zero-order valence-corrected chi connectivity index (χ0v) is 12.2. The molecule has 108 valence electrons. The van der Waals surface area contributed by atoms with Gasteiger partial charge in [0.15, 0.2) is 0 Å². The Morgan fingerprint density at radius 1 is 1.28 bits per heavy atom. The lowest BCUT2D eigenvalue weighted by atomic mass is 10.1. The van der Waals surface area contributed by atoms with Gasteiger partial charge in [-0.25, -0.2) is 0 Å². The molecule has 18 heavy (non-hydrogen) atoms. The normalized spacial score (nSPS) is 19.2. The Morgan fingerprint density at radius 3 is 2.50 bits per heavy atom. The van der Waals surface area contributed by atoms with Crippen molar-refractivity contribution in [2.45, 2.75) is 44.7 Å². The molecule has 2 unspecified atom stereocenters. The fraction of sp³-hybridized carbons (Fsp3) is 1.00. The van der Waals surface area contributed by atoms with Crippen molar-refractivity contribution in [1.82, 2.24) is 4.90 Å². The molecule has 1 rings (SSSR count). The van der Waals surface area contributed by atoms with Gasteiger partial charge in [-0.2, -0.15) is 0 Å². The summed E-state index contributed by atoms with van der Waals surface area (Å²) in [4.78, 5) is 2.57. The largest absolute Gasteiger partial charge is 0.383 e. The van der Waals surface area contributed by atoms with Crippen LogP contribution in [0.5, 0.6) is 0 Å². The molecule has 0 aromatic heterocycles. The molecule has 0 aromatic carbocycles. The molecule has 0 aromatic rings. The summed E-state index contributed by atoms with van der Waals surface area (Å²) >= 11 is 0. The minimum absolute atomic E-state index is 0.476. The minimum Gasteiger partial charge on any atom is -0.383 e. The van der Waals surface area contributed by atoms with Crippen LogP contribution in [0.1, 0.15) is 32.6 Å². The van der Waals surface area contributed by atoms with Crippen molar-refractivity contribution < 1.29 is 9.47 Å². The highest BCUT2D eigenvalue weighted by atomic mass is 16.5. The maximum Gasteiger partial charge on any atom is 0.0618 e. The highest BCUT2D eigenvalue weighted by molar-refractivity contribution is 4.88. The van der Waals surface area contributed by atoms with Crippen molar-refractivity contribution >= 4 is 0 Å². The van der Waals surface area contributed by atoms with E-state index >= 15 is 0 Å². The van der Waals surface area contributed by atoms with Crippen molar-refractivity contribution in [1.29, 1.82) is 0 Å². The third kappa shape index (κ3) is 5.22. The van der Waals surface area contributed by atoms with Crippen LogP contribution < -0.4 is 5.73 Å². The molecule has 0 amide bonds. The summed E-state index contributed by atoms with van der Waals surface area (Å²) in [5, 5.41) is 0. The molecule has 0 saturated heterocycles. The van der Waals surface area contributed by atoms with Crippen LogP contribution in [0.3, 0.4) is 0 Å². The first kappa shape index (κ1) is 15.9. The Labute approximate surface area is 112 Å². The van der Waals surface area contributed by atoms with Gasteiger partial charge in [-0.1, -0.05) is 0 Å². The van der Waals surface area contributed by atoms with Crippen LogP contribution in [0.15, 0.2) is 0 Å². The lowest BCUT2D eigenvalue weighted by Crippen LogP contribution is -2.47. The molecular formula is C14H30N2O2. The molecule has 0 spiro atoms. The van der Waals surface area contributed by atoms with Crippen molar-refractivity contribution in [3.63, 3.8) is 0 Å². The topological polar surface area (TPSA) is 47.7 Å². The second kappa shape index (κ2) is 8.86. The van der Waals surface area contributed by atoms with E-state index in [1.165, 1.54) is 12.8 Å². The van der Waals surface area contributed by atoms with Gasteiger partial charge < -0.3 is 15.2 Å². The Hall–Kier alpha value is -0.160. The van der Waals surface area contributed by atoms with Gasteiger partial charge in [-0.15, -0.1) is 0 Å². The number of hydrogen-bond donors (Lipinski definition) is 1. The first-order valence-corrected chi connectivity index (χ1v) is 7.18. The van der Waals surface area contributed by atoms with Crippen LogP contribution >= 0.6 is 0 Å². The lowest BCUT2D eigenvalue weighted by Gasteiger charge is -2.36. The molecular weight excluding hydrogens is 228 g/mol. The maximum atomic E-state index is 5.64. The molecule has 4 heteroatoms. The SMILES string of the molecule is COCCN(C(CCCN)COC)C(C)C1CC1. The van der Waals surface area contributed by atoms with Crippen LogP contribution in [-0.2, 0) is 9.47 Å². The predicted molar refractivity (Wildman–Crippen MR) is 74.7 cm³/mol. The van der Waals surface area contributed by atoms with Gasteiger partial charge in [0.25, 0.3) is 0 Å². The fourth-order valence-corrected chi connectivity index (χ4v) is 2.66. The van der Waals surface area contributed by atoms with Gasteiger partial charge in [0.1, 0.15) is 0 Å². The molecule has 1 saturated carbocycles. The van der Waals surface area contributed by atoms with Crippen LogP contribution in [0.25, 0.3) is 0 Å². The third-order valence-electron chi connectivity index (χ3n) is 3.95. The van der Waals surface area contributed by atoms with E-state index < -0.39 is 0 Å². The van der Waals surface area contributed by atoms with E-state index in [2.05, 4.69) is 11.8 Å². The Balaban J connectivity index is 2.55. The first-order valence-electron chi connectivity index (χ1n) is 7.18. The van der Waals surface area contributed by atoms with E-state index in [0.29, 0.717) is 12.1 Å². The zero-order chi connectivity index (χ0) is 13.4. The molecule has 0 aliphatic heterocycles. The highest BCUT2D eigenvalue weighted by Crippen LogP contribution is 2.36. The smallest absolute Gasteiger partial charge is 0.0618 e. The number of rotatable bonds is 11. The van der Waals surface area contributed by atoms with E-state index in [0.717, 1.165) is 45.1 Å². The summed E-state index contributed by atoms with van der Waals surface area (Å²) in [5.74, 6) is 0.874. The molecule has 0 heterocycles. The summed E-state index contributed by atoms with van der Waals surface area (Å²) in [6, 6.07) is 1.11. The Morgan fingerprint density at radius 2 is 2.00 bits per heavy atom. The van der Waals surface area contributed by atoms with E-state index in [1.54, 1.807) is 14.2 Å². The van der Waals surface area contributed by atoms with Crippen molar-refractivity contribution in [3.05, 3.63) is 0 Å². The van der Waals surface area contributed by atoms with Gasteiger partial charge in [-0.3, -0.25) is 4.90 Å². The molecule has 0 bridgehead atoms. The molecule has 1 fully saturated rings. The van der Waals surface area contributed by atoms with Gasteiger partial charge in [0.2, 0.25) is 0 Å². The Kier molecular flexibility index (Phi) is 7.82. The van der Waals surface area contributed by atoms with E-state index in [1.807, 2.05) is 0 Å². The quantitative estimate of drug-likeness (QED) is 0.610. The van der Waals surface area contributed by atoms with Crippen molar-refractivity contribution in [2.24, 2.45) is 11.7 Å². The number of nitrogens with two attached hydrogens (primary N) is 1. The van der Waals surface area contributed by atoms with Crippen molar-refractivity contribution in [3.8, 4) is 0 Å². The Bertz CT molecular complexity index is 210. The first-order chi connectivity index (χ1) is 8.74. The van der Waals surface area contributed by atoms with Crippen molar-refractivity contribution in [2.75, 3.05) is 40.5 Å². The number of nitrogens with zero attached hydrogens (tertiary/aromatic N) is 1. The number of methoxy groups -OCH3 is 2. The second-order valence-corrected chi connectivity index (χ2v) is 5.35. The van der Waals surface area contributed by atoms with Crippen LogP contribution in [0, 0.1) is 5.92 Å². The maximum absolute atomic E-state index is 5.64. The average Bonchev–Trinajstić information content (AvgIpc) is 3.20. The summed E-state index contributed by atoms with van der Waals surface area (Å²) in [6.07, 6.45) is 4.93. The summed E-state index contributed by atoms with van der Waals surface area (Å²) in [6.45, 7) is 5.68.